The van der Waals surface area contributed by atoms with Gasteiger partial charge in [-0.15, -0.1) is 0 Å². The van der Waals surface area contributed by atoms with Gasteiger partial charge in [0.15, 0.2) is 0 Å². The molecule has 0 aliphatic heterocycles. The van der Waals surface area contributed by atoms with E-state index in [0.717, 1.165) is 12.1 Å². The van der Waals surface area contributed by atoms with E-state index in [0.29, 0.717) is 0 Å². The van der Waals surface area contributed by atoms with Gasteiger partial charge in [0.05, 0.1) is 19.6 Å². The molecule has 1 unspecified atom stereocenters. The third kappa shape index (κ3) is 6.69. The third-order valence-corrected chi connectivity index (χ3v) is 4.02. The van der Waals surface area contributed by atoms with Crippen LogP contribution in [0.2, 0.25) is 5.02 Å². The van der Waals surface area contributed by atoms with Gasteiger partial charge >= 0.3 is 15.6 Å². The fourth-order valence-corrected chi connectivity index (χ4v) is 2.31. The lowest BCUT2D eigenvalue weighted by atomic mass is 10.1. The number of aliphatic hydroxyl groups excluding tert-OH is 1. The highest BCUT2D eigenvalue weighted by atomic mass is 35.5. The van der Waals surface area contributed by atoms with Crippen molar-refractivity contribution in [1.29, 1.82) is 0 Å². The maximum Gasteiger partial charge on any atom is 0.534 e. The predicted molar refractivity (Wildman–Crippen MR) is 81.4 cm³/mol. The molecular formula is C13H15ClF3NO6S. The first-order valence-corrected chi connectivity index (χ1v) is 8.56. The summed E-state index contributed by atoms with van der Waals surface area (Å²) in [4.78, 5) is 11.8. The van der Waals surface area contributed by atoms with Crippen LogP contribution in [0.25, 0.3) is 0 Å². The Bertz CT molecular complexity index is 710. The lowest BCUT2D eigenvalue weighted by Gasteiger charge is -2.15. The molecule has 1 aromatic carbocycles. The molecule has 2 N–H and O–H groups in total. The monoisotopic (exact) mass is 405 g/mol. The maximum absolute atomic E-state index is 12.3. The van der Waals surface area contributed by atoms with Crippen molar-refractivity contribution in [3.05, 3.63) is 28.8 Å². The van der Waals surface area contributed by atoms with Crippen molar-refractivity contribution in [2.24, 2.45) is 0 Å². The Morgan fingerprint density at radius 2 is 2.04 bits per heavy atom. The molecular weight excluding hydrogens is 391 g/mol. The Hall–Kier alpha value is -1.56. The van der Waals surface area contributed by atoms with Crippen LogP contribution in [0.3, 0.4) is 0 Å². The van der Waals surface area contributed by atoms with E-state index in [1.54, 1.807) is 0 Å². The van der Waals surface area contributed by atoms with E-state index in [1.165, 1.54) is 13.0 Å². The molecule has 1 rings (SSSR count). The van der Waals surface area contributed by atoms with E-state index in [4.69, 9.17) is 21.4 Å². The van der Waals surface area contributed by atoms with E-state index >= 15 is 0 Å². The van der Waals surface area contributed by atoms with Gasteiger partial charge in [0, 0.05) is 11.1 Å². The molecule has 1 atom stereocenters. The van der Waals surface area contributed by atoms with Gasteiger partial charge in [-0.05, 0) is 18.6 Å². The summed E-state index contributed by atoms with van der Waals surface area (Å²) in [6, 6.07) is 2.98. The van der Waals surface area contributed by atoms with Crippen molar-refractivity contribution in [2.45, 2.75) is 25.1 Å². The molecule has 0 bridgehead atoms. The maximum atomic E-state index is 12.3. The van der Waals surface area contributed by atoms with E-state index in [-0.39, 0.29) is 30.2 Å². The van der Waals surface area contributed by atoms with E-state index in [9.17, 15) is 26.4 Å². The van der Waals surface area contributed by atoms with Crippen molar-refractivity contribution in [3.63, 3.8) is 0 Å². The molecule has 0 aromatic heterocycles. The second-order valence-corrected chi connectivity index (χ2v) is 6.66. The minimum atomic E-state index is -5.80. The molecule has 142 valence electrons. The van der Waals surface area contributed by atoms with Crippen molar-refractivity contribution < 1.29 is 40.4 Å². The summed E-state index contributed by atoms with van der Waals surface area (Å²) in [6.45, 7) is 1.35. The van der Waals surface area contributed by atoms with Crippen LogP contribution in [0.1, 0.15) is 12.5 Å². The van der Waals surface area contributed by atoms with E-state index in [1.807, 2.05) is 0 Å². The van der Waals surface area contributed by atoms with Crippen molar-refractivity contribution in [1.82, 2.24) is 5.32 Å². The Labute approximate surface area is 146 Å². The van der Waals surface area contributed by atoms with E-state index < -0.39 is 33.5 Å². The number of hydrogen-bond acceptors (Lipinski definition) is 6. The third-order valence-electron chi connectivity index (χ3n) is 2.69. The van der Waals surface area contributed by atoms with Gasteiger partial charge in [0.2, 0.25) is 5.91 Å². The van der Waals surface area contributed by atoms with Crippen LogP contribution in [-0.4, -0.2) is 44.4 Å². The van der Waals surface area contributed by atoms with Crippen LogP contribution < -0.4 is 9.50 Å². The largest absolute Gasteiger partial charge is 0.534 e. The summed E-state index contributed by atoms with van der Waals surface area (Å²) in [6.07, 6.45) is -0.893. The first-order valence-electron chi connectivity index (χ1n) is 6.77. The first kappa shape index (κ1) is 21.5. The number of alkyl halides is 3. The molecule has 7 nitrogen and oxygen atoms in total. The number of halogens is 4. The normalized spacial score (nSPS) is 13.4. The molecule has 0 aliphatic rings. The summed E-state index contributed by atoms with van der Waals surface area (Å²) in [7, 11) is -5.80. The van der Waals surface area contributed by atoms with Crippen LogP contribution in [0.15, 0.2) is 18.2 Å². The summed E-state index contributed by atoms with van der Waals surface area (Å²) in [5, 5.41) is 10.9. The molecule has 1 amide bonds. The molecule has 25 heavy (non-hydrogen) atoms. The van der Waals surface area contributed by atoms with Gasteiger partial charge in [-0.3, -0.25) is 4.79 Å². The highest BCUT2D eigenvalue weighted by Gasteiger charge is 2.48. The Kier molecular flexibility index (Phi) is 7.47. The zero-order valence-electron chi connectivity index (χ0n) is 12.8. The molecule has 12 heteroatoms. The van der Waals surface area contributed by atoms with Gasteiger partial charge < -0.3 is 19.3 Å². The second-order valence-electron chi connectivity index (χ2n) is 4.72. The number of aliphatic hydroxyl groups is 1. The van der Waals surface area contributed by atoms with Crippen molar-refractivity contribution in [3.8, 4) is 5.75 Å². The van der Waals surface area contributed by atoms with Crippen molar-refractivity contribution in [2.75, 3.05) is 13.2 Å². The van der Waals surface area contributed by atoms with Crippen molar-refractivity contribution >= 4 is 27.6 Å². The second kappa shape index (κ2) is 8.70. The number of carbonyl (C=O) groups excluding carboxylic acids is 1. The molecule has 0 saturated heterocycles. The van der Waals surface area contributed by atoms with Crippen LogP contribution in [0.4, 0.5) is 13.2 Å². The zero-order valence-corrected chi connectivity index (χ0v) is 14.4. The number of carbonyl (C=O) groups is 1. The number of ether oxygens (including phenoxy) is 1. The fourth-order valence-electron chi connectivity index (χ4n) is 1.62. The molecule has 0 spiro atoms. The minimum Gasteiger partial charge on any atom is -0.394 e. The molecule has 1 aromatic rings. The molecule has 0 fully saturated rings. The molecule has 0 radical (unpaired) electrons. The Balaban J connectivity index is 2.75. The summed E-state index contributed by atoms with van der Waals surface area (Å²) >= 11 is 5.84. The van der Waals surface area contributed by atoms with Crippen LogP contribution in [0, 0.1) is 0 Å². The summed E-state index contributed by atoms with van der Waals surface area (Å²) < 4.78 is 67.6. The van der Waals surface area contributed by atoms with Gasteiger partial charge in [0.1, 0.15) is 12.0 Å². The number of hydrogen-bond donors (Lipinski definition) is 2. The predicted octanol–water partition coefficient (Wildman–Crippen LogP) is 1.58. The van der Waals surface area contributed by atoms with Gasteiger partial charge in [-0.25, -0.2) is 0 Å². The fraction of sp³-hybridized carbons (Fsp3) is 0.462. The molecule has 0 saturated carbocycles. The van der Waals surface area contributed by atoms with Crippen LogP contribution in [0.5, 0.6) is 5.75 Å². The van der Waals surface area contributed by atoms with Crippen LogP contribution >= 0.6 is 11.6 Å². The zero-order chi connectivity index (χ0) is 19.3. The average Bonchev–Trinajstić information content (AvgIpc) is 2.46. The van der Waals surface area contributed by atoms with Crippen LogP contribution in [-0.2, 0) is 26.1 Å². The SMILES string of the molecule is CC(NC(=O)Cc1ccc(OS(=O)(=O)C(F)(F)F)cc1Cl)OCCO. The minimum absolute atomic E-state index is 0.0297. The highest BCUT2D eigenvalue weighted by Crippen LogP contribution is 2.29. The summed E-state index contributed by atoms with van der Waals surface area (Å²) in [5.41, 5.74) is -5.33. The quantitative estimate of drug-likeness (QED) is 0.387. The van der Waals surface area contributed by atoms with Gasteiger partial charge in [-0.1, -0.05) is 17.7 Å². The summed E-state index contributed by atoms with van der Waals surface area (Å²) in [5.74, 6) is -1.13. The van der Waals surface area contributed by atoms with E-state index in [2.05, 4.69) is 9.50 Å². The number of benzene rings is 1. The smallest absolute Gasteiger partial charge is 0.394 e. The molecule has 0 heterocycles. The topological polar surface area (TPSA) is 102 Å². The van der Waals surface area contributed by atoms with Gasteiger partial charge in [0.25, 0.3) is 0 Å². The number of amides is 1. The molecule has 0 aliphatic carbocycles. The Morgan fingerprint density at radius 3 is 2.56 bits per heavy atom. The highest BCUT2D eigenvalue weighted by molar-refractivity contribution is 7.88. The average molecular weight is 406 g/mol. The number of rotatable bonds is 8. The first-order chi connectivity index (χ1) is 11.5. The standard InChI is InChI=1S/C13H15ClF3NO6S/c1-8(23-5-4-19)18-12(20)6-9-2-3-10(7-11(9)14)24-25(21,22)13(15,16)17/h2-3,7-8,19H,4-6H2,1H3,(H,18,20). The lowest BCUT2D eigenvalue weighted by molar-refractivity contribution is -0.124. The van der Waals surface area contributed by atoms with Gasteiger partial charge in [-0.2, -0.15) is 21.6 Å². The lowest BCUT2D eigenvalue weighted by Crippen LogP contribution is -2.36. The Morgan fingerprint density at radius 1 is 1.40 bits per heavy atom. The number of nitrogens with one attached hydrogen (secondary N) is 1.